The second-order valence-corrected chi connectivity index (χ2v) is 8.56. The fourth-order valence-electron chi connectivity index (χ4n) is 4.54. The van der Waals surface area contributed by atoms with Gasteiger partial charge in [0.2, 0.25) is 0 Å². The second kappa shape index (κ2) is 8.29. The molecule has 0 bridgehead atoms. The molecule has 0 spiro atoms. The standard InChI is InChI=1S/C25H25N7O/c1-30-10-12-31(13-11-30)23-7-6-19(15-26-23)21-16-27-24(32-17-28-29-25(21)32)8-5-18-3-2-4-22-20(18)9-14-33-22/h2-4,6-7,9,14-17H,5,8,10-13H2,1H3. The second-order valence-electron chi connectivity index (χ2n) is 8.56. The summed E-state index contributed by atoms with van der Waals surface area (Å²) in [4.78, 5) is 14.2. The first kappa shape index (κ1) is 19.9. The van der Waals surface area contributed by atoms with Crippen molar-refractivity contribution in [1.82, 2.24) is 29.5 Å². The molecule has 166 valence electrons. The van der Waals surface area contributed by atoms with Crippen LogP contribution in [0.1, 0.15) is 11.4 Å². The summed E-state index contributed by atoms with van der Waals surface area (Å²) in [6.45, 7) is 4.12. The number of pyridine rings is 1. The minimum atomic E-state index is 0.777. The Morgan fingerprint density at radius 3 is 2.70 bits per heavy atom. The Hall–Kier alpha value is -3.78. The van der Waals surface area contributed by atoms with Crippen LogP contribution in [0, 0.1) is 0 Å². The van der Waals surface area contributed by atoms with Gasteiger partial charge < -0.3 is 14.2 Å². The zero-order valence-corrected chi connectivity index (χ0v) is 18.6. The minimum absolute atomic E-state index is 0.777. The smallest absolute Gasteiger partial charge is 0.171 e. The number of furan rings is 1. The lowest BCUT2D eigenvalue weighted by atomic mass is 10.0. The van der Waals surface area contributed by atoms with Gasteiger partial charge in [-0.05, 0) is 43.3 Å². The molecule has 0 N–H and O–H groups in total. The molecule has 33 heavy (non-hydrogen) atoms. The van der Waals surface area contributed by atoms with E-state index in [1.165, 1.54) is 5.56 Å². The summed E-state index contributed by atoms with van der Waals surface area (Å²) in [6, 6.07) is 12.4. The fraction of sp³-hybridized carbons (Fsp3) is 0.280. The van der Waals surface area contributed by atoms with Crippen molar-refractivity contribution in [2.45, 2.75) is 12.8 Å². The van der Waals surface area contributed by atoms with Crippen molar-refractivity contribution in [3.8, 4) is 11.1 Å². The number of benzene rings is 1. The molecule has 0 amide bonds. The van der Waals surface area contributed by atoms with E-state index in [1.807, 2.05) is 35.0 Å². The van der Waals surface area contributed by atoms with Gasteiger partial charge in [-0.15, -0.1) is 10.2 Å². The van der Waals surface area contributed by atoms with Crippen LogP contribution < -0.4 is 4.90 Å². The molecule has 5 aromatic rings. The third-order valence-corrected chi connectivity index (χ3v) is 6.50. The minimum Gasteiger partial charge on any atom is -0.464 e. The van der Waals surface area contributed by atoms with E-state index in [1.54, 1.807) is 12.6 Å². The van der Waals surface area contributed by atoms with Gasteiger partial charge in [-0.1, -0.05) is 12.1 Å². The molecule has 6 rings (SSSR count). The van der Waals surface area contributed by atoms with E-state index in [9.17, 15) is 0 Å². The zero-order valence-electron chi connectivity index (χ0n) is 18.6. The maximum atomic E-state index is 5.53. The predicted octanol–water partition coefficient (Wildman–Crippen LogP) is 3.47. The zero-order chi connectivity index (χ0) is 22.2. The molecule has 4 aromatic heterocycles. The molecule has 8 nitrogen and oxygen atoms in total. The first-order valence-corrected chi connectivity index (χ1v) is 11.3. The number of piperazine rings is 1. The Bertz CT molecular complexity index is 1400. The van der Waals surface area contributed by atoms with E-state index in [2.05, 4.69) is 45.2 Å². The van der Waals surface area contributed by atoms with Crippen molar-refractivity contribution in [2.24, 2.45) is 0 Å². The number of likely N-dealkylation sites (N-methyl/N-ethyl adjacent to an activating group) is 1. The molecule has 0 unspecified atom stereocenters. The SMILES string of the molecule is CN1CCN(c2ccc(-c3cnc(CCc4cccc5occc45)n4cnnc34)cn2)CC1. The van der Waals surface area contributed by atoms with Crippen LogP contribution in [0.3, 0.4) is 0 Å². The average molecular weight is 440 g/mol. The Kier molecular flexibility index (Phi) is 4.99. The van der Waals surface area contributed by atoms with Gasteiger partial charge >= 0.3 is 0 Å². The average Bonchev–Trinajstić information content (AvgIpc) is 3.53. The first-order valence-electron chi connectivity index (χ1n) is 11.3. The van der Waals surface area contributed by atoms with E-state index < -0.39 is 0 Å². The molecule has 5 heterocycles. The number of nitrogens with zero attached hydrogens (tertiary/aromatic N) is 7. The molecule has 0 atom stereocenters. The number of hydrogen-bond donors (Lipinski definition) is 0. The topological polar surface area (TPSA) is 75.6 Å². The van der Waals surface area contributed by atoms with Crippen molar-refractivity contribution in [3.63, 3.8) is 0 Å². The summed E-state index contributed by atoms with van der Waals surface area (Å²) in [7, 11) is 2.16. The first-order chi connectivity index (χ1) is 16.3. The Morgan fingerprint density at radius 2 is 1.85 bits per heavy atom. The van der Waals surface area contributed by atoms with Gasteiger partial charge in [0.25, 0.3) is 0 Å². The summed E-state index contributed by atoms with van der Waals surface area (Å²) in [5.74, 6) is 1.95. The van der Waals surface area contributed by atoms with Crippen LogP contribution in [0.2, 0.25) is 0 Å². The molecule has 1 fully saturated rings. The molecule has 0 radical (unpaired) electrons. The highest BCUT2D eigenvalue weighted by molar-refractivity contribution is 5.81. The van der Waals surface area contributed by atoms with Crippen LogP contribution in [-0.2, 0) is 12.8 Å². The van der Waals surface area contributed by atoms with Crippen molar-refractivity contribution < 1.29 is 4.42 Å². The van der Waals surface area contributed by atoms with Gasteiger partial charge in [-0.3, -0.25) is 4.40 Å². The predicted molar refractivity (Wildman–Crippen MR) is 127 cm³/mol. The largest absolute Gasteiger partial charge is 0.464 e. The van der Waals surface area contributed by atoms with Crippen molar-refractivity contribution in [1.29, 1.82) is 0 Å². The van der Waals surface area contributed by atoms with Crippen molar-refractivity contribution in [3.05, 3.63) is 72.8 Å². The summed E-state index contributed by atoms with van der Waals surface area (Å²) in [6.07, 6.45) is 8.92. The van der Waals surface area contributed by atoms with Crippen LogP contribution in [0.15, 0.2) is 65.8 Å². The molecule has 1 aromatic carbocycles. The number of aromatic nitrogens is 5. The van der Waals surface area contributed by atoms with Crippen LogP contribution in [0.4, 0.5) is 5.82 Å². The maximum Gasteiger partial charge on any atom is 0.171 e. The number of fused-ring (bicyclic) bond motifs is 2. The summed E-state index contributed by atoms with van der Waals surface area (Å²) in [5, 5.41) is 9.71. The summed E-state index contributed by atoms with van der Waals surface area (Å²) < 4.78 is 7.52. The lowest BCUT2D eigenvalue weighted by molar-refractivity contribution is 0.312. The van der Waals surface area contributed by atoms with Gasteiger partial charge in [0.15, 0.2) is 5.65 Å². The van der Waals surface area contributed by atoms with E-state index in [0.29, 0.717) is 0 Å². The molecule has 8 heteroatoms. The Balaban J connectivity index is 1.25. The Labute approximate surface area is 191 Å². The highest BCUT2D eigenvalue weighted by atomic mass is 16.3. The van der Waals surface area contributed by atoms with E-state index >= 15 is 0 Å². The third-order valence-electron chi connectivity index (χ3n) is 6.50. The van der Waals surface area contributed by atoms with Gasteiger partial charge in [0.05, 0.1) is 6.26 Å². The number of rotatable bonds is 5. The molecule has 1 aliphatic heterocycles. The van der Waals surface area contributed by atoms with Crippen LogP contribution in [0.5, 0.6) is 0 Å². The lowest BCUT2D eigenvalue weighted by Gasteiger charge is -2.33. The lowest BCUT2D eigenvalue weighted by Crippen LogP contribution is -2.44. The fourth-order valence-corrected chi connectivity index (χ4v) is 4.54. The van der Waals surface area contributed by atoms with Crippen LogP contribution >= 0.6 is 0 Å². The third kappa shape index (κ3) is 3.72. The number of aryl methyl sites for hydroxylation is 2. The number of anilines is 1. The van der Waals surface area contributed by atoms with Gasteiger partial charge in [-0.2, -0.15) is 0 Å². The van der Waals surface area contributed by atoms with Crippen LogP contribution in [-0.4, -0.2) is 62.7 Å². The maximum absolute atomic E-state index is 5.53. The molecule has 1 aliphatic rings. The van der Waals surface area contributed by atoms with E-state index in [0.717, 1.165) is 78.4 Å². The van der Waals surface area contributed by atoms with Gasteiger partial charge in [0, 0.05) is 61.5 Å². The van der Waals surface area contributed by atoms with Crippen molar-refractivity contribution >= 4 is 22.4 Å². The Morgan fingerprint density at radius 1 is 0.939 bits per heavy atom. The highest BCUT2D eigenvalue weighted by Crippen LogP contribution is 2.26. The highest BCUT2D eigenvalue weighted by Gasteiger charge is 2.16. The van der Waals surface area contributed by atoms with Crippen LogP contribution in [0.25, 0.3) is 27.7 Å². The van der Waals surface area contributed by atoms with E-state index in [4.69, 9.17) is 14.4 Å². The molecular formula is C25H25N7O. The molecular weight excluding hydrogens is 414 g/mol. The van der Waals surface area contributed by atoms with Gasteiger partial charge in [-0.25, -0.2) is 9.97 Å². The summed E-state index contributed by atoms with van der Waals surface area (Å²) in [5.41, 5.74) is 4.89. The quantitative estimate of drug-likeness (QED) is 0.415. The van der Waals surface area contributed by atoms with Crippen molar-refractivity contribution in [2.75, 3.05) is 38.1 Å². The monoisotopic (exact) mass is 439 g/mol. The molecule has 0 aliphatic carbocycles. The normalized spacial score (nSPS) is 15.0. The van der Waals surface area contributed by atoms with E-state index in [-0.39, 0.29) is 0 Å². The number of hydrogen-bond acceptors (Lipinski definition) is 7. The molecule has 0 saturated carbocycles. The van der Waals surface area contributed by atoms with Gasteiger partial charge in [0.1, 0.15) is 23.6 Å². The molecule has 1 saturated heterocycles. The summed E-state index contributed by atoms with van der Waals surface area (Å²) >= 11 is 0.